The number of aromatic nitrogens is 1. The average Bonchev–Trinajstić information content (AvgIpc) is 3.37. The van der Waals surface area contributed by atoms with Crippen LogP contribution >= 0.6 is 0 Å². The summed E-state index contributed by atoms with van der Waals surface area (Å²) < 4.78 is 5.55. The van der Waals surface area contributed by atoms with Crippen molar-refractivity contribution in [3.8, 4) is 0 Å². The molecule has 4 rings (SSSR count). The summed E-state index contributed by atoms with van der Waals surface area (Å²) in [5, 5.41) is 5.23. The third-order valence-electron chi connectivity index (χ3n) is 6.51. The quantitative estimate of drug-likeness (QED) is 0.444. The molecule has 1 saturated heterocycles. The van der Waals surface area contributed by atoms with Gasteiger partial charge in [0.15, 0.2) is 0 Å². The first kappa shape index (κ1) is 20.7. The summed E-state index contributed by atoms with van der Waals surface area (Å²) in [6, 6.07) is 8.10. The number of benzene rings is 1. The van der Waals surface area contributed by atoms with E-state index in [9.17, 15) is 4.79 Å². The monoisotopic (exact) mass is 408 g/mol. The first-order valence-corrected chi connectivity index (χ1v) is 10.8. The fourth-order valence-electron chi connectivity index (χ4n) is 4.79. The number of ether oxygens (including phenoxy) is 1. The number of nitrogens with one attached hydrogen (secondary N) is 1. The van der Waals surface area contributed by atoms with Crippen molar-refractivity contribution >= 4 is 28.2 Å². The Morgan fingerprint density at radius 1 is 1.33 bits per heavy atom. The molecule has 6 nitrogen and oxygen atoms in total. The van der Waals surface area contributed by atoms with Gasteiger partial charge in [0.1, 0.15) is 11.8 Å². The number of aromatic amines is 1. The van der Waals surface area contributed by atoms with Gasteiger partial charge < -0.3 is 20.5 Å². The lowest BCUT2D eigenvalue weighted by Crippen LogP contribution is -2.35. The van der Waals surface area contributed by atoms with Crippen molar-refractivity contribution in [3.05, 3.63) is 41.1 Å². The van der Waals surface area contributed by atoms with Gasteiger partial charge in [-0.15, -0.1) is 0 Å². The Morgan fingerprint density at radius 3 is 2.80 bits per heavy atom. The van der Waals surface area contributed by atoms with Crippen LogP contribution in [-0.4, -0.2) is 36.4 Å². The molecular weight excluding hydrogens is 376 g/mol. The number of nitrogens with two attached hydrogens (primary N) is 1. The second kappa shape index (κ2) is 7.91. The van der Waals surface area contributed by atoms with Crippen LogP contribution in [0.3, 0.4) is 0 Å². The van der Waals surface area contributed by atoms with E-state index in [4.69, 9.17) is 10.6 Å². The highest BCUT2D eigenvalue weighted by Crippen LogP contribution is 2.39. The number of fused-ring (bicyclic) bond motifs is 1. The van der Waals surface area contributed by atoms with Crippen molar-refractivity contribution in [2.45, 2.75) is 59.0 Å². The van der Waals surface area contributed by atoms with Crippen LogP contribution in [-0.2, 0) is 9.53 Å². The first-order valence-electron chi connectivity index (χ1n) is 10.8. The third kappa shape index (κ3) is 3.88. The molecule has 1 aromatic carbocycles. The molecule has 1 fully saturated rings. The summed E-state index contributed by atoms with van der Waals surface area (Å²) >= 11 is 0. The van der Waals surface area contributed by atoms with Crippen molar-refractivity contribution in [2.75, 3.05) is 18.6 Å². The van der Waals surface area contributed by atoms with Gasteiger partial charge in [0.05, 0.1) is 5.69 Å². The zero-order valence-electron chi connectivity index (χ0n) is 18.4. The number of likely N-dealkylation sites (N-methyl/N-ethyl adjacent to an activating group) is 1. The Balaban J connectivity index is 1.63. The number of hydrogen-bond acceptors (Lipinski definition) is 4. The summed E-state index contributed by atoms with van der Waals surface area (Å²) in [5.41, 5.74) is 6.49. The lowest BCUT2D eigenvalue weighted by Gasteiger charge is -2.32. The lowest BCUT2D eigenvalue weighted by molar-refractivity contribution is -0.127. The Morgan fingerprint density at radius 2 is 2.13 bits per heavy atom. The van der Waals surface area contributed by atoms with E-state index in [1.807, 2.05) is 18.2 Å². The minimum absolute atomic E-state index is 0.00781. The van der Waals surface area contributed by atoms with Crippen LogP contribution in [0.25, 0.3) is 10.9 Å². The van der Waals surface area contributed by atoms with E-state index >= 15 is 0 Å². The number of amides is 1. The number of H-pyrrole nitrogens is 1. The summed E-state index contributed by atoms with van der Waals surface area (Å²) in [5.74, 6) is 5.85. The zero-order chi connectivity index (χ0) is 21.5. The van der Waals surface area contributed by atoms with Crippen molar-refractivity contribution in [2.24, 2.45) is 16.4 Å². The van der Waals surface area contributed by atoms with E-state index in [0.717, 1.165) is 60.1 Å². The van der Waals surface area contributed by atoms with E-state index in [1.54, 1.807) is 11.9 Å². The highest BCUT2D eigenvalue weighted by atomic mass is 16.5. The molecule has 30 heavy (non-hydrogen) atoms. The van der Waals surface area contributed by atoms with Gasteiger partial charge in [-0.2, -0.15) is 5.10 Å². The van der Waals surface area contributed by atoms with E-state index < -0.39 is 0 Å². The minimum atomic E-state index is -0.327. The number of anilines is 1. The van der Waals surface area contributed by atoms with Crippen LogP contribution in [0.1, 0.15) is 58.6 Å². The highest BCUT2D eigenvalue weighted by Gasteiger charge is 2.29. The predicted octanol–water partition coefficient (Wildman–Crippen LogP) is 4.50. The van der Waals surface area contributed by atoms with Crippen LogP contribution in [0.2, 0.25) is 0 Å². The average molecular weight is 409 g/mol. The fourth-order valence-corrected chi connectivity index (χ4v) is 4.79. The highest BCUT2D eigenvalue weighted by molar-refractivity contribution is 6.14. The topological polar surface area (TPSA) is 83.7 Å². The van der Waals surface area contributed by atoms with E-state index in [-0.39, 0.29) is 12.0 Å². The Labute approximate surface area is 178 Å². The molecule has 160 valence electrons. The van der Waals surface area contributed by atoms with Gasteiger partial charge >= 0.3 is 0 Å². The van der Waals surface area contributed by atoms with Crippen molar-refractivity contribution in [1.82, 2.24) is 4.98 Å². The maximum atomic E-state index is 12.7. The molecule has 1 atom stereocenters. The van der Waals surface area contributed by atoms with Crippen LogP contribution in [0.15, 0.2) is 40.5 Å². The molecule has 2 aromatic rings. The Bertz CT molecular complexity index is 1030. The Kier molecular flexibility index (Phi) is 5.45. The van der Waals surface area contributed by atoms with Gasteiger partial charge in [0.25, 0.3) is 5.91 Å². The number of carbonyl (C=O) groups excluding carboxylic acids is 1. The standard InChI is InChI=1S/C24H32N4O2/c1-15-14-24(2,3)10-9-18(15)22(27-25)20-12-16-7-8-17(13-19(16)26-20)28(4)23(29)21-6-5-11-30-21/h7-8,12-13,21,26H,5-6,9-11,14,25H2,1-4H3/b27-22+/t21-/m1/s1. The second-order valence-corrected chi connectivity index (χ2v) is 9.43. The number of hydrazone groups is 1. The summed E-state index contributed by atoms with van der Waals surface area (Å²) in [6.45, 7) is 7.47. The minimum Gasteiger partial charge on any atom is -0.368 e. The normalized spacial score (nSPS) is 22.0. The van der Waals surface area contributed by atoms with Gasteiger partial charge in [-0.05, 0) is 68.2 Å². The lowest BCUT2D eigenvalue weighted by atomic mass is 9.73. The molecule has 3 N–H and O–H groups in total. The second-order valence-electron chi connectivity index (χ2n) is 9.43. The maximum absolute atomic E-state index is 12.7. The summed E-state index contributed by atoms with van der Waals surface area (Å²) in [7, 11) is 1.81. The molecule has 1 aliphatic carbocycles. The molecule has 0 spiro atoms. The SMILES string of the molecule is CC1=C(/C(=N\N)c2cc3ccc(N(C)C(=O)[C@H]4CCCO4)cc3[nH]2)CCC(C)(C)C1. The molecule has 2 aliphatic rings. The van der Waals surface area contributed by atoms with Gasteiger partial charge in [0.2, 0.25) is 0 Å². The van der Waals surface area contributed by atoms with E-state index in [1.165, 1.54) is 11.1 Å². The van der Waals surface area contributed by atoms with E-state index in [0.29, 0.717) is 12.0 Å². The fraction of sp³-hybridized carbons (Fsp3) is 0.500. The number of nitrogens with zero attached hydrogens (tertiary/aromatic N) is 2. The van der Waals surface area contributed by atoms with Crippen LogP contribution in [0, 0.1) is 5.41 Å². The van der Waals surface area contributed by atoms with Crippen LogP contribution in [0.4, 0.5) is 5.69 Å². The molecule has 1 amide bonds. The molecule has 0 saturated carbocycles. The van der Waals surface area contributed by atoms with Gasteiger partial charge in [0, 0.05) is 30.2 Å². The molecule has 0 radical (unpaired) electrons. The molecule has 2 heterocycles. The van der Waals surface area contributed by atoms with Crippen molar-refractivity contribution in [3.63, 3.8) is 0 Å². The smallest absolute Gasteiger partial charge is 0.255 e. The third-order valence-corrected chi connectivity index (χ3v) is 6.51. The van der Waals surface area contributed by atoms with Gasteiger partial charge in [-0.25, -0.2) is 0 Å². The van der Waals surface area contributed by atoms with Crippen LogP contribution in [0.5, 0.6) is 0 Å². The molecule has 1 aromatic heterocycles. The van der Waals surface area contributed by atoms with Crippen molar-refractivity contribution < 1.29 is 9.53 Å². The first-order chi connectivity index (χ1) is 14.3. The predicted molar refractivity (Wildman–Crippen MR) is 122 cm³/mol. The molecule has 0 unspecified atom stereocenters. The number of rotatable bonds is 4. The molecule has 6 heteroatoms. The molecule has 1 aliphatic heterocycles. The summed E-state index contributed by atoms with van der Waals surface area (Å²) in [4.78, 5) is 17.8. The van der Waals surface area contributed by atoms with Crippen LogP contribution < -0.4 is 10.7 Å². The Hall–Kier alpha value is -2.60. The molecule has 0 bridgehead atoms. The van der Waals surface area contributed by atoms with Crippen molar-refractivity contribution in [1.29, 1.82) is 0 Å². The van der Waals surface area contributed by atoms with Gasteiger partial charge in [-0.1, -0.05) is 25.5 Å². The molecular formula is C24H32N4O2. The number of hydrogen-bond donors (Lipinski definition) is 2. The zero-order valence-corrected chi connectivity index (χ0v) is 18.4. The maximum Gasteiger partial charge on any atom is 0.255 e. The summed E-state index contributed by atoms with van der Waals surface area (Å²) in [6.07, 6.45) is 4.57. The van der Waals surface area contributed by atoms with Gasteiger partial charge in [-0.3, -0.25) is 4.79 Å². The number of carbonyl (C=O) groups is 1. The number of allylic oxidation sites excluding steroid dienone is 2. The largest absolute Gasteiger partial charge is 0.368 e. The van der Waals surface area contributed by atoms with E-state index in [2.05, 4.69) is 36.9 Å².